The van der Waals surface area contributed by atoms with E-state index in [2.05, 4.69) is 9.97 Å². The molecule has 1 N–H and O–H groups in total. The Kier molecular flexibility index (Phi) is 3.83. The monoisotopic (exact) mass is 300 g/mol. The van der Waals surface area contributed by atoms with Crippen LogP contribution in [0.15, 0.2) is 24.3 Å². The highest BCUT2D eigenvalue weighted by molar-refractivity contribution is 5.86. The van der Waals surface area contributed by atoms with Crippen LogP contribution >= 0.6 is 0 Å². The van der Waals surface area contributed by atoms with E-state index >= 15 is 0 Å². The number of rotatable bonds is 3. The summed E-state index contributed by atoms with van der Waals surface area (Å²) in [5, 5.41) is 0. The van der Waals surface area contributed by atoms with Gasteiger partial charge in [-0.3, -0.25) is 9.59 Å². The third-order valence-electron chi connectivity index (χ3n) is 4.21. The number of hydrogen-bond acceptors (Lipinski definition) is 3. The second-order valence-corrected chi connectivity index (χ2v) is 5.90. The molecule has 22 heavy (non-hydrogen) atoms. The largest absolute Gasteiger partial charge is 0.346 e. The highest BCUT2D eigenvalue weighted by Gasteiger charge is 2.30. The average Bonchev–Trinajstić information content (AvgIpc) is 2.91. The Morgan fingerprint density at radius 3 is 2.95 bits per heavy atom. The summed E-state index contributed by atoms with van der Waals surface area (Å²) < 4.78 is 0. The molecule has 0 radical (unpaired) electrons. The molecule has 1 saturated heterocycles. The summed E-state index contributed by atoms with van der Waals surface area (Å²) in [6, 6.07) is 7.78. The Labute approximate surface area is 129 Å². The van der Waals surface area contributed by atoms with Crippen LogP contribution in [0.25, 0.3) is 11.0 Å². The lowest BCUT2D eigenvalue weighted by atomic mass is 9.95. The molecule has 2 heterocycles. The van der Waals surface area contributed by atoms with Gasteiger partial charge in [0.1, 0.15) is 5.82 Å². The Morgan fingerprint density at radius 2 is 2.23 bits per heavy atom. The fraction of sp³-hybridized carbons (Fsp3) is 0.438. The van der Waals surface area contributed by atoms with Gasteiger partial charge in [0.2, 0.25) is 11.8 Å². The van der Waals surface area contributed by atoms with Gasteiger partial charge in [0.25, 0.3) is 0 Å². The smallest absolute Gasteiger partial charge is 0.226 e. The maximum Gasteiger partial charge on any atom is 0.226 e. The number of imidazole rings is 1. The zero-order chi connectivity index (χ0) is 15.7. The first kappa shape index (κ1) is 14.6. The molecule has 116 valence electrons. The van der Waals surface area contributed by atoms with Gasteiger partial charge in [-0.25, -0.2) is 4.98 Å². The van der Waals surface area contributed by atoms with Crippen LogP contribution < -0.4 is 0 Å². The predicted molar refractivity (Wildman–Crippen MR) is 82.9 cm³/mol. The zero-order valence-electron chi connectivity index (χ0n) is 12.9. The standard InChI is InChI=1S/C16H20N4O2/c1-19-8-7-11(9-15(19)21)16(22)20(2)10-14-17-12-5-3-4-6-13(12)18-14/h3-6,11H,7-10H2,1-2H3,(H,17,18). The van der Waals surface area contributed by atoms with Gasteiger partial charge in [-0.05, 0) is 18.6 Å². The molecular formula is C16H20N4O2. The second-order valence-electron chi connectivity index (χ2n) is 5.90. The summed E-state index contributed by atoms with van der Waals surface area (Å²) in [7, 11) is 3.54. The van der Waals surface area contributed by atoms with E-state index in [4.69, 9.17) is 0 Å². The number of aromatic amines is 1. The van der Waals surface area contributed by atoms with Gasteiger partial charge in [0.15, 0.2) is 0 Å². The average molecular weight is 300 g/mol. The minimum Gasteiger partial charge on any atom is -0.346 e. The lowest BCUT2D eigenvalue weighted by Gasteiger charge is -2.30. The van der Waals surface area contributed by atoms with Gasteiger partial charge < -0.3 is 14.8 Å². The van der Waals surface area contributed by atoms with Crippen molar-refractivity contribution in [1.29, 1.82) is 0 Å². The van der Waals surface area contributed by atoms with E-state index in [0.29, 0.717) is 19.5 Å². The fourth-order valence-corrected chi connectivity index (χ4v) is 2.85. The second kappa shape index (κ2) is 5.79. The first-order valence-corrected chi connectivity index (χ1v) is 7.47. The van der Waals surface area contributed by atoms with Crippen molar-refractivity contribution in [3.8, 4) is 0 Å². The number of hydrogen-bond donors (Lipinski definition) is 1. The van der Waals surface area contributed by atoms with E-state index in [-0.39, 0.29) is 17.7 Å². The van der Waals surface area contributed by atoms with Gasteiger partial charge in [0.05, 0.1) is 17.6 Å². The molecule has 0 saturated carbocycles. The van der Waals surface area contributed by atoms with Gasteiger partial charge in [-0.2, -0.15) is 0 Å². The van der Waals surface area contributed by atoms with Crippen molar-refractivity contribution >= 4 is 22.8 Å². The molecule has 6 heteroatoms. The van der Waals surface area contributed by atoms with Crippen molar-refractivity contribution in [2.24, 2.45) is 5.92 Å². The third kappa shape index (κ3) is 2.81. The van der Waals surface area contributed by atoms with Crippen molar-refractivity contribution in [3.05, 3.63) is 30.1 Å². The molecule has 1 aromatic heterocycles. The number of aromatic nitrogens is 2. The molecule has 1 aliphatic heterocycles. The van der Waals surface area contributed by atoms with E-state index in [1.165, 1.54) is 0 Å². The van der Waals surface area contributed by atoms with E-state index in [9.17, 15) is 9.59 Å². The molecule has 0 bridgehead atoms. The Hall–Kier alpha value is -2.37. The van der Waals surface area contributed by atoms with E-state index in [0.717, 1.165) is 23.3 Å². The van der Waals surface area contributed by atoms with Gasteiger partial charge in [0, 0.05) is 33.0 Å². The molecule has 1 unspecified atom stereocenters. The quantitative estimate of drug-likeness (QED) is 0.931. The number of piperidine rings is 1. The maximum atomic E-state index is 12.5. The van der Waals surface area contributed by atoms with Crippen LogP contribution in [0.4, 0.5) is 0 Å². The number of benzene rings is 1. The summed E-state index contributed by atoms with van der Waals surface area (Å²) in [6.07, 6.45) is 1.03. The number of nitrogens with one attached hydrogen (secondary N) is 1. The highest BCUT2D eigenvalue weighted by atomic mass is 16.2. The number of fused-ring (bicyclic) bond motifs is 1. The number of likely N-dealkylation sites (tertiary alicyclic amines) is 1. The SMILES string of the molecule is CN1CCC(C(=O)N(C)Cc2nc3ccccc3[nH]2)CC1=O. The van der Waals surface area contributed by atoms with Gasteiger partial charge in [-0.1, -0.05) is 12.1 Å². The number of amides is 2. The fourth-order valence-electron chi connectivity index (χ4n) is 2.85. The van der Waals surface area contributed by atoms with Crippen LogP contribution in [0, 0.1) is 5.92 Å². The van der Waals surface area contributed by atoms with Crippen LogP contribution in [-0.4, -0.2) is 52.2 Å². The predicted octanol–water partition coefficient (Wildman–Crippen LogP) is 1.39. The summed E-state index contributed by atoms with van der Waals surface area (Å²) >= 11 is 0. The molecule has 6 nitrogen and oxygen atoms in total. The lowest BCUT2D eigenvalue weighted by Crippen LogP contribution is -2.42. The number of para-hydroxylation sites is 2. The highest BCUT2D eigenvalue weighted by Crippen LogP contribution is 2.20. The molecular weight excluding hydrogens is 280 g/mol. The molecule has 1 fully saturated rings. The molecule has 3 rings (SSSR count). The number of H-pyrrole nitrogens is 1. The summed E-state index contributed by atoms with van der Waals surface area (Å²) in [5.74, 6) is 0.609. The lowest BCUT2D eigenvalue weighted by molar-refractivity contribution is -0.143. The van der Waals surface area contributed by atoms with E-state index < -0.39 is 0 Å². The normalized spacial score (nSPS) is 18.7. The minimum atomic E-state index is -0.210. The first-order valence-electron chi connectivity index (χ1n) is 7.47. The van der Waals surface area contributed by atoms with E-state index in [1.54, 1.807) is 23.9 Å². The molecule has 2 aromatic rings. The van der Waals surface area contributed by atoms with Crippen molar-refractivity contribution in [3.63, 3.8) is 0 Å². The third-order valence-corrected chi connectivity index (χ3v) is 4.21. The van der Waals surface area contributed by atoms with Crippen LogP contribution in [0.3, 0.4) is 0 Å². The van der Waals surface area contributed by atoms with Crippen LogP contribution in [-0.2, 0) is 16.1 Å². The van der Waals surface area contributed by atoms with Gasteiger partial charge >= 0.3 is 0 Å². The Balaban J connectivity index is 1.67. The van der Waals surface area contributed by atoms with Crippen molar-refractivity contribution < 1.29 is 9.59 Å². The zero-order valence-corrected chi connectivity index (χ0v) is 12.9. The number of nitrogens with zero attached hydrogens (tertiary/aromatic N) is 3. The molecule has 1 aromatic carbocycles. The van der Waals surface area contributed by atoms with Gasteiger partial charge in [-0.15, -0.1) is 0 Å². The van der Waals surface area contributed by atoms with Crippen LogP contribution in [0.5, 0.6) is 0 Å². The van der Waals surface area contributed by atoms with Crippen molar-refractivity contribution in [2.45, 2.75) is 19.4 Å². The topological polar surface area (TPSA) is 69.3 Å². The van der Waals surface area contributed by atoms with Crippen molar-refractivity contribution in [1.82, 2.24) is 19.8 Å². The molecule has 1 aliphatic rings. The van der Waals surface area contributed by atoms with Crippen LogP contribution in [0.1, 0.15) is 18.7 Å². The summed E-state index contributed by atoms with van der Waals surface area (Å²) in [5.41, 5.74) is 1.86. The number of carbonyl (C=O) groups excluding carboxylic acids is 2. The molecule has 1 atom stereocenters. The van der Waals surface area contributed by atoms with Crippen molar-refractivity contribution in [2.75, 3.05) is 20.6 Å². The molecule has 2 amide bonds. The maximum absolute atomic E-state index is 12.5. The minimum absolute atomic E-state index is 0.0157. The Morgan fingerprint density at radius 1 is 1.45 bits per heavy atom. The van der Waals surface area contributed by atoms with Crippen LogP contribution in [0.2, 0.25) is 0 Å². The summed E-state index contributed by atoms with van der Waals surface area (Å²) in [6.45, 7) is 1.07. The molecule has 0 aliphatic carbocycles. The van der Waals surface area contributed by atoms with E-state index in [1.807, 2.05) is 24.3 Å². The number of carbonyl (C=O) groups is 2. The summed E-state index contributed by atoms with van der Waals surface area (Å²) in [4.78, 5) is 35.3. The Bertz CT molecular complexity index is 676. The molecule has 0 spiro atoms. The first-order chi connectivity index (χ1) is 10.5.